The highest BCUT2D eigenvalue weighted by Gasteiger charge is 2.23. The van der Waals surface area contributed by atoms with Gasteiger partial charge in [0.05, 0.1) is 24.2 Å². The number of rotatable bonds is 12. The number of hydrogen-bond acceptors (Lipinski definition) is 7. The number of nitrogens with zero attached hydrogens (tertiary/aromatic N) is 3. The van der Waals surface area contributed by atoms with Crippen LogP contribution in [0, 0.1) is 0 Å². The molecule has 2 unspecified atom stereocenters. The molecule has 1 saturated heterocycles. The van der Waals surface area contributed by atoms with Gasteiger partial charge in [-0.3, -0.25) is 15.3 Å². The number of nitrogens with one attached hydrogen (secondary N) is 3. The van der Waals surface area contributed by atoms with Crippen molar-refractivity contribution in [3.05, 3.63) is 108 Å². The smallest absolute Gasteiger partial charge is 0.164 e. The van der Waals surface area contributed by atoms with Crippen LogP contribution in [0.1, 0.15) is 71.8 Å². The maximum atomic E-state index is 5.62. The molecule has 0 spiro atoms. The molecule has 1 heterocycles. The van der Waals surface area contributed by atoms with Gasteiger partial charge in [-0.05, 0) is 93.2 Å². The SMILES string of the molecule is C=C1C=CC=C/C1=N/C(NN(C)c1cccc(NC(=C)C2CCCN2C)c1)=C(\C)Nc1cc(OC)cc(C(C)CC)c1.CCC. The minimum Gasteiger partial charge on any atom is -0.497 e. The van der Waals surface area contributed by atoms with E-state index >= 15 is 0 Å². The number of likely N-dealkylation sites (tertiary alicyclic amines) is 1. The Hall–Kier alpha value is -4.23. The highest BCUT2D eigenvalue weighted by molar-refractivity contribution is 6.11. The van der Waals surface area contributed by atoms with Crippen molar-refractivity contribution in [2.75, 3.05) is 43.4 Å². The van der Waals surface area contributed by atoms with Crippen LogP contribution < -0.4 is 25.8 Å². The molecule has 2 aliphatic rings. The number of ether oxygens (including phenoxy) is 1. The van der Waals surface area contributed by atoms with Crippen molar-refractivity contribution >= 4 is 22.8 Å². The van der Waals surface area contributed by atoms with Gasteiger partial charge in [-0.15, -0.1) is 0 Å². The summed E-state index contributed by atoms with van der Waals surface area (Å²) in [5.74, 6) is 1.92. The summed E-state index contributed by atoms with van der Waals surface area (Å²) >= 11 is 0. The standard InChI is InChI=1S/C35H46N6O.C3H8/c1-9-24(2)28-20-30(23-32(21-28)42-8)37-27(5)35(38-33-17-11-10-14-25(33)3)39-41(7)31-16-12-15-29(22-31)36-26(4)34-18-13-19-40(34)6;1-3-2/h10-12,14-17,20-24,34,36-37,39H,3-4,9,13,18-19H2,1-2,5-8H3;3H2,1-2H3/b35-27-,38-33-;. The Morgan fingerprint density at radius 2 is 1.82 bits per heavy atom. The van der Waals surface area contributed by atoms with Crippen molar-refractivity contribution in [1.29, 1.82) is 0 Å². The lowest BCUT2D eigenvalue weighted by Crippen LogP contribution is -2.34. The molecule has 0 radical (unpaired) electrons. The Kier molecular flexibility index (Phi) is 13.6. The first kappa shape index (κ1) is 35.3. The van der Waals surface area contributed by atoms with Gasteiger partial charge in [0.25, 0.3) is 0 Å². The number of hydrogen-bond donors (Lipinski definition) is 3. The first-order chi connectivity index (χ1) is 21.6. The van der Waals surface area contributed by atoms with E-state index in [9.17, 15) is 0 Å². The van der Waals surface area contributed by atoms with E-state index in [-0.39, 0.29) is 0 Å². The molecule has 0 amide bonds. The lowest BCUT2D eigenvalue weighted by molar-refractivity contribution is 0.346. The fourth-order valence-corrected chi connectivity index (χ4v) is 5.18. The van der Waals surface area contributed by atoms with Crippen molar-refractivity contribution in [2.45, 2.75) is 72.3 Å². The van der Waals surface area contributed by atoms with E-state index in [1.54, 1.807) is 7.11 Å². The van der Waals surface area contributed by atoms with Crippen LogP contribution in [0.4, 0.5) is 17.1 Å². The van der Waals surface area contributed by atoms with E-state index in [0.717, 1.165) is 64.9 Å². The van der Waals surface area contributed by atoms with Gasteiger partial charge in [0.15, 0.2) is 5.82 Å². The fraction of sp³-hybridized carbons (Fsp3) is 0.395. The Morgan fingerprint density at radius 1 is 1.09 bits per heavy atom. The van der Waals surface area contributed by atoms with Crippen LogP contribution in [0.25, 0.3) is 0 Å². The summed E-state index contributed by atoms with van der Waals surface area (Å²) in [5.41, 5.74) is 11.2. The minimum absolute atomic E-state index is 0.353. The maximum absolute atomic E-state index is 5.62. The molecule has 2 aromatic rings. The largest absolute Gasteiger partial charge is 0.497 e. The number of methoxy groups -OCH3 is 1. The molecule has 7 nitrogen and oxygen atoms in total. The molecule has 2 atom stereocenters. The van der Waals surface area contributed by atoms with Crippen LogP contribution in [-0.4, -0.2) is 44.4 Å². The van der Waals surface area contributed by atoms with Crippen molar-refractivity contribution in [2.24, 2.45) is 4.99 Å². The highest BCUT2D eigenvalue weighted by atomic mass is 16.5. The van der Waals surface area contributed by atoms with Crippen molar-refractivity contribution in [1.82, 2.24) is 10.3 Å². The number of likely N-dealkylation sites (N-methyl/N-ethyl adjacent to an activating group) is 1. The third kappa shape index (κ3) is 10.1. The molecule has 0 saturated carbocycles. The number of aliphatic imine (C=N–C) groups is 1. The topological polar surface area (TPSA) is 64.2 Å². The lowest BCUT2D eigenvalue weighted by Gasteiger charge is -2.26. The van der Waals surface area contributed by atoms with Crippen LogP contribution in [0.3, 0.4) is 0 Å². The molecule has 0 bridgehead atoms. The van der Waals surface area contributed by atoms with Crippen LogP contribution in [-0.2, 0) is 0 Å². The van der Waals surface area contributed by atoms with Gasteiger partial charge in [-0.2, -0.15) is 0 Å². The molecule has 7 heteroatoms. The Labute approximate surface area is 272 Å². The van der Waals surface area contributed by atoms with Gasteiger partial charge >= 0.3 is 0 Å². The Morgan fingerprint density at radius 3 is 2.47 bits per heavy atom. The van der Waals surface area contributed by atoms with Gasteiger partial charge in [-0.25, -0.2) is 4.99 Å². The summed E-state index contributed by atoms with van der Waals surface area (Å²) in [4.78, 5) is 7.36. The predicted molar refractivity (Wildman–Crippen MR) is 195 cm³/mol. The molecular weight excluding hydrogens is 556 g/mol. The molecule has 242 valence electrons. The van der Waals surface area contributed by atoms with Crippen LogP contribution in [0.5, 0.6) is 5.75 Å². The average Bonchev–Trinajstić information content (AvgIpc) is 3.47. The van der Waals surface area contributed by atoms with Gasteiger partial charge in [-0.1, -0.05) is 71.6 Å². The zero-order chi connectivity index (χ0) is 32.9. The monoisotopic (exact) mass is 610 g/mol. The maximum Gasteiger partial charge on any atom is 0.164 e. The fourth-order valence-electron chi connectivity index (χ4n) is 5.18. The third-order valence-electron chi connectivity index (χ3n) is 7.99. The van der Waals surface area contributed by atoms with Gasteiger partial charge in [0, 0.05) is 36.2 Å². The number of hydrazine groups is 1. The molecule has 45 heavy (non-hydrogen) atoms. The van der Waals surface area contributed by atoms with E-state index in [1.807, 2.05) is 55.4 Å². The molecule has 1 fully saturated rings. The summed E-state index contributed by atoms with van der Waals surface area (Å²) in [6, 6.07) is 15.0. The van der Waals surface area contributed by atoms with Crippen LogP contribution in [0.2, 0.25) is 0 Å². The van der Waals surface area contributed by atoms with E-state index in [4.69, 9.17) is 9.73 Å². The minimum atomic E-state index is 0.353. The molecular formula is C38H54N6O. The van der Waals surface area contributed by atoms with Gasteiger partial charge < -0.3 is 15.4 Å². The van der Waals surface area contributed by atoms with Gasteiger partial charge in [0.1, 0.15) is 5.75 Å². The van der Waals surface area contributed by atoms with Crippen molar-refractivity contribution < 1.29 is 4.74 Å². The lowest BCUT2D eigenvalue weighted by atomic mass is 9.98. The van der Waals surface area contributed by atoms with Crippen LogP contribution in [0.15, 0.2) is 108 Å². The van der Waals surface area contributed by atoms with E-state index < -0.39 is 0 Å². The van der Waals surface area contributed by atoms with Crippen molar-refractivity contribution in [3.8, 4) is 5.75 Å². The highest BCUT2D eigenvalue weighted by Crippen LogP contribution is 2.29. The molecule has 1 aliphatic heterocycles. The number of allylic oxidation sites excluding steroid dienone is 6. The van der Waals surface area contributed by atoms with E-state index in [2.05, 4.69) is 99.2 Å². The Balaban J connectivity index is 0.00000177. The number of anilines is 3. The van der Waals surface area contributed by atoms with E-state index in [1.165, 1.54) is 18.4 Å². The second-order valence-corrected chi connectivity index (χ2v) is 11.9. The third-order valence-corrected chi connectivity index (χ3v) is 7.99. The quantitative estimate of drug-likeness (QED) is 0.209. The van der Waals surface area contributed by atoms with Gasteiger partial charge in [0.2, 0.25) is 0 Å². The zero-order valence-electron chi connectivity index (χ0n) is 28.7. The summed E-state index contributed by atoms with van der Waals surface area (Å²) in [5, 5.41) is 9.08. The summed E-state index contributed by atoms with van der Waals surface area (Å²) in [6.45, 7) is 20.3. The van der Waals surface area contributed by atoms with Crippen molar-refractivity contribution in [3.63, 3.8) is 0 Å². The van der Waals surface area contributed by atoms with Crippen LogP contribution >= 0.6 is 0 Å². The van der Waals surface area contributed by atoms with E-state index in [0.29, 0.717) is 17.8 Å². The second kappa shape index (κ2) is 17.3. The predicted octanol–water partition coefficient (Wildman–Crippen LogP) is 9.01. The summed E-state index contributed by atoms with van der Waals surface area (Å²) in [7, 11) is 5.85. The Bertz CT molecular complexity index is 1440. The molecule has 3 N–H and O–H groups in total. The average molecular weight is 611 g/mol. The molecule has 2 aromatic carbocycles. The first-order valence-electron chi connectivity index (χ1n) is 16.2. The molecule has 1 aliphatic carbocycles. The second-order valence-electron chi connectivity index (χ2n) is 11.9. The first-order valence-corrected chi connectivity index (χ1v) is 16.2. The normalized spacial score (nSPS) is 18.1. The summed E-state index contributed by atoms with van der Waals surface area (Å²) < 4.78 is 5.62. The number of benzene rings is 2. The zero-order valence-corrected chi connectivity index (χ0v) is 28.7. The molecule has 4 rings (SSSR count). The molecule has 0 aromatic heterocycles. The summed E-state index contributed by atoms with van der Waals surface area (Å²) in [6.07, 6.45) is 12.5.